The molecule has 2 amide bonds. The van der Waals surface area contributed by atoms with E-state index < -0.39 is 0 Å². The topological polar surface area (TPSA) is 49.6 Å². The molecule has 0 bridgehead atoms. The van der Waals surface area contributed by atoms with Crippen molar-refractivity contribution >= 4 is 6.03 Å². The maximum atomic E-state index is 12.2. The molecule has 0 spiro atoms. The molecule has 0 aliphatic carbocycles. The quantitative estimate of drug-likeness (QED) is 0.754. The van der Waals surface area contributed by atoms with E-state index in [-0.39, 0.29) is 11.6 Å². The lowest BCUT2D eigenvalue weighted by Gasteiger charge is -2.51. The predicted molar refractivity (Wildman–Crippen MR) is 68.7 cm³/mol. The molecule has 2 heterocycles. The molecular weight excluding hydrogens is 214 g/mol. The summed E-state index contributed by atoms with van der Waals surface area (Å²) >= 11 is 0. The molecule has 0 aromatic rings. The summed E-state index contributed by atoms with van der Waals surface area (Å²) in [5.41, 5.74) is 6.06. The highest BCUT2D eigenvalue weighted by Gasteiger charge is 2.45. The van der Waals surface area contributed by atoms with Crippen LogP contribution in [0.3, 0.4) is 0 Å². The van der Waals surface area contributed by atoms with Gasteiger partial charge in [-0.05, 0) is 24.7 Å². The summed E-state index contributed by atoms with van der Waals surface area (Å²) in [7, 11) is 0. The van der Waals surface area contributed by atoms with Crippen molar-refractivity contribution in [3.63, 3.8) is 0 Å². The third-order valence-corrected chi connectivity index (χ3v) is 4.44. The van der Waals surface area contributed by atoms with Crippen molar-refractivity contribution in [2.24, 2.45) is 17.6 Å². The first kappa shape index (κ1) is 12.7. The number of carbonyl (C=O) groups is 1. The molecule has 0 aromatic heterocycles. The van der Waals surface area contributed by atoms with Gasteiger partial charge >= 0.3 is 6.03 Å². The molecule has 0 aromatic carbocycles. The minimum atomic E-state index is -0.154. The van der Waals surface area contributed by atoms with Crippen molar-refractivity contribution < 1.29 is 4.79 Å². The van der Waals surface area contributed by atoms with Gasteiger partial charge in [0.25, 0.3) is 0 Å². The fourth-order valence-corrected chi connectivity index (χ4v) is 2.56. The zero-order chi connectivity index (χ0) is 12.6. The van der Waals surface area contributed by atoms with Crippen LogP contribution in [-0.4, -0.2) is 47.5 Å². The van der Waals surface area contributed by atoms with Crippen LogP contribution in [0.25, 0.3) is 0 Å². The highest BCUT2D eigenvalue weighted by Crippen LogP contribution is 2.28. The number of likely N-dealkylation sites (tertiary alicyclic amines) is 2. The van der Waals surface area contributed by atoms with Crippen molar-refractivity contribution in [2.45, 2.75) is 39.2 Å². The molecule has 0 unspecified atom stereocenters. The van der Waals surface area contributed by atoms with Crippen LogP contribution in [0.15, 0.2) is 0 Å². The molecule has 2 aliphatic heterocycles. The average molecular weight is 239 g/mol. The average Bonchev–Trinajstić information content (AvgIpc) is 2.24. The second-order valence-corrected chi connectivity index (χ2v) is 6.20. The van der Waals surface area contributed by atoms with Crippen molar-refractivity contribution in [2.75, 3.05) is 26.2 Å². The van der Waals surface area contributed by atoms with Crippen LogP contribution >= 0.6 is 0 Å². The van der Waals surface area contributed by atoms with Gasteiger partial charge in [0.2, 0.25) is 0 Å². The van der Waals surface area contributed by atoms with E-state index >= 15 is 0 Å². The van der Waals surface area contributed by atoms with Gasteiger partial charge in [-0.3, -0.25) is 0 Å². The van der Waals surface area contributed by atoms with Gasteiger partial charge < -0.3 is 15.5 Å². The summed E-state index contributed by atoms with van der Waals surface area (Å²) in [6, 6.07) is 0.193. The Labute approximate surface area is 104 Å². The summed E-state index contributed by atoms with van der Waals surface area (Å²) in [5.74, 6) is 1.20. The fourth-order valence-electron chi connectivity index (χ4n) is 2.56. The van der Waals surface area contributed by atoms with Crippen molar-refractivity contribution in [3.05, 3.63) is 0 Å². The van der Waals surface area contributed by atoms with E-state index in [0.29, 0.717) is 5.92 Å². The molecule has 2 rings (SSSR count). The van der Waals surface area contributed by atoms with Crippen LogP contribution in [0.4, 0.5) is 4.79 Å². The summed E-state index contributed by atoms with van der Waals surface area (Å²) in [4.78, 5) is 16.1. The molecule has 0 saturated carbocycles. The van der Waals surface area contributed by atoms with Crippen LogP contribution in [0.1, 0.15) is 33.6 Å². The van der Waals surface area contributed by atoms with Gasteiger partial charge in [-0.1, -0.05) is 20.8 Å². The van der Waals surface area contributed by atoms with E-state index in [1.807, 2.05) is 9.80 Å². The number of carbonyl (C=O) groups excluding carboxylic acids is 1. The first-order valence-corrected chi connectivity index (χ1v) is 6.75. The Morgan fingerprint density at radius 2 is 1.76 bits per heavy atom. The molecule has 0 radical (unpaired) electrons. The molecule has 2 fully saturated rings. The van der Waals surface area contributed by atoms with Gasteiger partial charge in [-0.2, -0.15) is 0 Å². The Hall–Kier alpha value is -0.770. The summed E-state index contributed by atoms with van der Waals surface area (Å²) in [5, 5.41) is 0. The maximum absolute atomic E-state index is 12.2. The highest BCUT2D eigenvalue weighted by atomic mass is 16.2. The molecule has 17 heavy (non-hydrogen) atoms. The largest absolute Gasteiger partial charge is 0.325 e. The lowest BCUT2D eigenvalue weighted by atomic mass is 9.80. The van der Waals surface area contributed by atoms with Gasteiger partial charge in [-0.15, -0.1) is 0 Å². The summed E-state index contributed by atoms with van der Waals surface area (Å²) in [6.07, 6.45) is 2.27. The van der Waals surface area contributed by atoms with Gasteiger partial charge in [0.05, 0.1) is 5.54 Å². The fraction of sp³-hybridized carbons (Fsp3) is 0.923. The Morgan fingerprint density at radius 3 is 2.24 bits per heavy atom. The second-order valence-electron chi connectivity index (χ2n) is 6.20. The SMILES string of the molecule is CC1CCN(C(=O)N2CC(N)(C(C)C)C2)CC1. The minimum absolute atomic E-state index is 0.154. The van der Waals surface area contributed by atoms with E-state index in [1.54, 1.807) is 0 Å². The van der Waals surface area contributed by atoms with E-state index in [0.717, 1.165) is 44.9 Å². The van der Waals surface area contributed by atoms with Crippen LogP contribution in [0, 0.1) is 11.8 Å². The smallest absolute Gasteiger partial charge is 0.320 e. The first-order chi connectivity index (χ1) is 7.92. The van der Waals surface area contributed by atoms with Crippen molar-refractivity contribution in [1.82, 2.24) is 9.80 Å². The molecule has 2 N–H and O–H groups in total. The van der Waals surface area contributed by atoms with Crippen LogP contribution in [-0.2, 0) is 0 Å². The standard InChI is InChI=1S/C13H25N3O/c1-10(2)13(14)8-16(9-13)12(17)15-6-4-11(3)5-7-15/h10-11H,4-9,14H2,1-3H3. The summed E-state index contributed by atoms with van der Waals surface area (Å²) < 4.78 is 0. The van der Waals surface area contributed by atoms with Crippen LogP contribution in [0.5, 0.6) is 0 Å². The van der Waals surface area contributed by atoms with E-state index in [1.165, 1.54) is 0 Å². The summed E-state index contributed by atoms with van der Waals surface area (Å²) in [6.45, 7) is 9.78. The maximum Gasteiger partial charge on any atom is 0.320 e. The third-order valence-electron chi connectivity index (χ3n) is 4.44. The Balaban J connectivity index is 1.83. The number of nitrogens with two attached hydrogens (primary N) is 1. The van der Waals surface area contributed by atoms with Gasteiger partial charge in [-0.25, -0.2) is 4.79 Å². The van der Waals surface area contributed by atoms with Gasteiger partial charge in [0.1, 0.15) is 0 Å². The van der Waals surface area contributed by atoms with Crippen LogP contribution in [0.2, 0.25) is 0 Å². The number of hydrogen-bond donors (Lipinski definition) is 1. The molecule has 2 aliphatic rings. The normalized spacial score (nSPS) is 25.0. The van der Waals surface area contributed by atoms with E-state index in [9.17, 15) is 4.79 Å². The van der Waals surface area contributed by atoms with Gasteiger partial charge in [0.15, 0.2) is 0 Å². The number of hydrogen-bond acceptors (Lipinski definition) is 2. The highest BCUT2D eigenvalue weighted by molar-refractivity contribution is 5.76. The number of nitrogens with zero attached hydrogens (tertiary/aromatic N) is 2. The zero-order valence-electron chi connectivity index (χ0n) is 11.3. The molecule has 98 valence electrons. The molecule has 0 atom stereocenters. The third kappa shape index (κ3) is 2.41. The van der Waals surface area contributed by atoms with Crippen molar-refractivity contribution in [3.8, 4) is 0 Å². The van der Waals surface area contributed by atoms with E-state index in [2.05, 4.69) is 20.8 Å². The number of amides is 2. The Morgan fingerprint density at radius 1 is 1.24 bits per heavy atom. The Kier molecular flexibility index (Phi) is 3.34. The van der Waals surface area contributed by atoms with Gasteiger partial charge in [0, 0.05) is 26.2 Å². The molecule has 2 saturated heterocycles. The molecule has 4 heteroatoms. The first-order valence-electron chi connectivity index (χ1n) is 6.75. The number of piperidine rings is 1. The van der Waals surface area contributed by atoms with Crippen LogP contribution < -0.4 is 5.73 Å². The second kappa shape index (κ2) is 4.48. The monoisotopic (exact) mass is 239 g/mol. The Bertz CT molecular complexity index is 289. The predicted octanol–water partition coefficient (Wildman–Crippen LogP) is 1.51. The number of urea groups is 1. The lowest BCUT2D eigenvalue weighted by Crippen LogP contribution is -2.72. The lowest BCUT2D eigenvalue weighted by molar-refractivity contribution is 0.0421. The molecular formula is C13H25N3O. The zero-order valence-corrected chi connectivity index (χ0v) is 11.3. The van der Waals surface area contributed by atoms with Crippen molar-refractivity contribution in [1.29, 1.82) is 0 Å². The molecule has 4 nitrogen and oxygen atoms in total. The van der Waals surface area contributed by atoms with E-state index in [4.69, 9.17) is 5.73 Å². The minimum Gasteiger partial charge on any atom is -0.325 e. The number of rotatable bonds is 1.